The highest BCUT2D eigenvalue weighted by atomic mass is 35.5. The molecule has 2 aromatic carbocycles. The van der Waals surface area contributed by atoms with E-state index in [-0.39, 0.29) is 16.8 Å². The molecule has 1 aliphatic rings. The fraction of sp³-hybridized carbons (Fsp3) is 0.158. The number of thioether (sulfide) groups is 1. The SMILES string of the molecule is CCSC1=C(c2ccc(OC)cc2)C(=O)N(c2ccc(Cl)c(Cl)c2)C1=O. The van der Waals surface area contributed by atoms with Crippen molar-refractivity contribution in [2.45, 2.75) is 6.92 Å². The normalized spacial score (nSPS) is 14.4. The van der Waals surface area contributed by atoms with Gasteiger partial charge in [-0.3, -0.25) is 9.59 Å². The second kappa shape index (κ2) is 7.74. The molecule has 0 radical (unpaired) electrons. The quantitative estimate of drug-likeness (QED) is 0.651. The maximum absolute atomic E-state index is 13.1. The Morgan fingerprint density at radius 3 is 2.27 bits per heavy atom. The molecular formula is C19H15Cl2NO3S. The summed E-state index contributed by atoms with van der Waals surface area (Å²) in [6.07, 6.45) is 0. The molecule has 0 unspecified atom stereocenters. The molecule has 0 saturated carbocycles. The van der Waals surface area contributed by atoms with E-state index in [0.717, 1.165) is 4.90 Å². The lowest BCUT2D eigenvalue weighted by Crippen LogP contribution is -2.31. The van der Waals surface area contributed by atoms with Crippen LogP contribution in [-0.2, 0) is 9.59 Å². The van der Waals surface area contributed by atoms with E-state index in [4.69, 9.17) is 27.9 Å². The Hall–Kier alpha value is -1.95. The molecule has 0 saturated heterocycles. The number of amides is 2. The van der Waals surface area contributed by atoms with Gasteiger partial charge < -0.3 is 4.74 Å². The van der Waals surface area contributed by atoms with Gasteiger partial charge in [0.05, 0.1) is 33.3 Å². The number of halogens is 2. The molecular weight excluding hydrogens is 393 g/mol. The van der Waals surface area contributed by atoms with E-state index in [1.807, 2.05) is 6.92 Å². The van der Waals surface area contributed by atoms with Crippen molar-refractivity contribution < 1.29 is 14.3 Å². The number of hydrogen-bond donors (Lipinski definition) is 0. The number of nitrogens with zero attached hydrogens (tertiary/aromatic N) is 1. The van der Waals surface area contributed by atoms with Crippen molar-refractivity contribution in [2.75, 3.05) is 17.8 Å². The number of carbonyl (C=O) groups excluding carboxylic acids is 2. The Morgan fingerprint density at radius 1 is 1.00 bits per heavy atom. The van der Waals surface area contributed by atoms with Crippen LogP contribution in [0.3, 0.4) is 0 Å². The maximum atomic E-state index is 13.1. The predicted octanol–water partition coefficient (Wildman–Crippen LogP) is 5.04. The highest BCUT2D eigenvalue weighted by Crippen LogP contribution is 2.39. The lowest BCUT2D eigenvalue weighted by atomic mass is 10.1. The molecule has 3 rings (SSSR count). The minimum absolute atomic E-state index is 0.285. The zero-order valence-electron chi connectivity index (χ0n) is 14.1. The average Bonchev–Trinajstić information content (AvgIpc) is 2.88. The smallest absolute Gasteiger partial charge is 0.272 e. The standard InChI is InChI=1S/C19H15Cl2NO3S/c1-3-26-17-16(11-4-7-13(25-2)8-5-11)18(23)22(19(17)24)12-6-9-14(20)15(21)10-12/h4-10H,3H2,1-2H3. The molecule has 0 N–H and O–H groups in total. The Balaban J connectivity index is 2.07. The summed E-state index contributed by atoms with van der Waals surface area (Å²) in [5, 5.41) is 0.647. The van der Waals surface area contributed by atoms with Crippen LogP contribution >= 0.6 is 35.0 Å². The molecule has 2 aromatic rings. The topological polar surface area (TPSA) is 46.6 Å². The molecule has 0 aromatic heterocycles. The van der Waals surface area contributed by atoms with Crippen LogP contribution in [0.25, 0.3) is 5.57 Å². The van der Waals surface area contributed by atoms with Gasteiger partial charge in [0.25, 0.3) is 11.8 Å². The van der Waals surface area contributed by atoms with Crippen molar-refractivity contribution in [2.24, 2.45) is 0 Å². The predicted molar refractivity (Wildman–Crippen MR) is 107 cm³/mol. The first kappa shape index (κ1) is 18.8. The van der Waals surface area contributed by atoms with Crippen LogP contribution in [0.5, 0.6) is 5.75 Å². The molecule has 1 heterocycles. The van der Waals surface area contributed by atoms with E-state index < -0.39 is 0 Å². The van der Waals surface area contributed by atoms with E-state index in [0.29, 0.717) is 38.3 Å². The van der Waals surface area contributed by atoms with E-state index in [1.54, 1.807) is 43.5 Å². The molecule has 0 spiro atoms. The monoisotopic (exact) mass is 407 g/mol. The highest BCUT2D eigenvalue weighted by molar-refractivity contribution is 8.04. The summed E-state index contributed by atoms with van der Waals surface area (Å²) in [7, 11) is 1.57. The zero-order valence-corrected chi connectivity index (χ0v) is 16.4. The number of ether oxygens (including phenoxy) is 1. The van der Waals surface area contributed by atoms with E-state index in [9.17, 15) is 9.59 Å². The van der Waals surface area contributed by atoms with Gasteiger partial charge in [0.1, 0.15) is 5.75 Å². The maximum Gasteiger partial charge on any atom is 0.272 e. The number of rotatable bonds is 5. The van der Waals surface area contributed by atoms with Gasteiger partial charge in [-0.25, -0.2) is 4.90 Å². The fourth-order valence-corrected chi connectivity index (χ4v) is 3.80. The molecule has 134 valence electrons. The van der Waals surface area contributed by atoms with Crippen LogP contribution in [0.4, 0.5) is 5.69 Å². The highest BCUT2D eigenvalue weighted by Gasteiger charge is 2.40. The second-order valence-corrected chi connectivity index (χ2v) is 7.50. The minimum Gasteiger partial charge on any atom is -0.497 e. The van der Waals surface area contributed by atoms with Gasteiger partial charge in [-0.05, 0) is 41.6 Å². The van der Waals surface area contributed by atoms with E-state index in [2.05, 4.69) is 0 Å². The van der Waals surface area contributed by atoms with Crippen molar-refractivity contribution >= 4 is 58.0 Å². The summed E-state index contributed by atoms with van der Waals surface area (Å²) in [6, 6.07) is 11.8. The van der Waals surface area contributed by atoms with Crippen LogP contribution in [0.1, 0.15) is 12.5 Å². The summed E-state index contributed by atoms with van der Waals surface area (Å²) in [4.78, 5) is 27.6. The Morgan fingerprint density at radius 2 is 1.69 bits per heavy atom. The van der Waals surface area contributed by atoms with Crippen molar-refractivity contribution in [3.05, 3.63) is 63.0 Å². The Kier molecular flexibility index (Phi) is 5.61. The molecule has 0 aliphatic carbocycles. The first-order valence-electron chi connectivity index (χ1n) is 7.83. The van der Waals surface area contributed by atoms with Gasteiger partial charge in [-0.15, -0.1) is 11.8 Å². The fourth-order valence-electron chi connectivity index (χ4n) is 2.66. The molecule has 1 aliphatic heterocycles. The van der Waals surface area contributed by atoms with E-state index >= 15 is 0 Å². The number of hydrogen-bond acceptors (Lipinski definition) is 4. The summed E-state index contributed by atoms with van der Waals surface area (Å²) < 4.78 is 5.16. The molecule has 26 heavy (non-hydrogen) atoms. The molecule has 4 nitrogen and oxygen atoms in total. The van der Waals surface area contributed by atoms with Crippen LogP contribution in [0.15, 0.2) is 47.4 Å². The largest absolute Gasteiger partial charge is 0.497 e. The molecule has 7 heteroatoms. The van der Waals surface area contributed by atoms with Crippen LogP contribution in [0.2, 0.25) is 10.0 Å². The lowest BCUT2D eigenvalue weighted by molar-refractivity contribution is -0.119. The van der Waals surface area contributed by atoms with Gasteiger partial charge in [0, 0.05) is 0 Å². The van der Waals surface area contributed by atoms with Gasteiger partial charge >= 0.3 is 0 Å². The first-order chi connectivity index (χ1) is 12.5. The molecule has 0 bridgehead atoms. The summed E-state index contributed by atoms with van der Waals surface area (Å²) >= 11 is 13.3. The second-order valence-electron chi connectivity index (χ2n) is 5.41. The van der Waals surface area contributed by atoms with Crippen molar-refractivity contribution in [3.63, 3.8) is 0 Å². The summed E-state index contributed by atoms with van der Waals surface area (Å²) in [5.41, 5.74) is 1.45. The average molecular weight is 408 g/mol. The van der Waals surface area contributed by atoms with E-state index in [1.165, 1.54) is 17.8 Å². The van der Waals surface area contributed by atoms with Gasteiger partial charge in [0.2, 0.25) is 0 Å². The van der Waals surface area contributed by atoms with Gasteiger partial charge in [0.15, 0.2) is 0 Å². The number of anilines is 1. The van der Waals surface area contributed by atoms with Crippen LogP contribution in [0, 0.1) is 0 Å². The van der Waals surface area contributed by atoms with Gasteiger partial charge in [-0.1, -0.05) is 42.3 Å². The number of imide groups is 1. The zero-order chi connectivity index (χ0) is 18.8. The van der Waals surface area contributed by atoms with Crippen molar-refractivity contribution in [1.82, 2.24) is 0 Å². The Labute approximate surface area is 165 Å². The van der Waals surface area contributed by atoms with Crippen molar-refractivity contribution in [3.8, 4) is 5.75 Å². The molecule has 0 atom stereocenters. The summed E-state index contributed by atoms with van der Waals surface area (Å²) in [5.74, 6) is 0.612. The first-order valence-corrected chi connectivity index (χ1v) is 9.57. The molecule has 0 fully saturated rings. The van der Waals surface area contributed by atoms with Crippen LogP contribution in [-0.4, -0.2) is 24.7 Å². The van der Waals surface area contributed by atoms with Gasteiger partial charge in [-0.2, -0.15) is 0 Å². The molecule has 2 amide bonds. The minimum atomic E-state index is -0.380. The third kappa shape index (κ3) is 3.34. The number of methoxy groups -OCH3 is 1. The number of benzene rings is 2. The van der Waals surface area contributed by atoms with Crippen LogP contribution < -0.4 is 9.64 Å². The Bertz CT molecular complexity index is 910. The number of carbonyl (C=O) groups is 2. The van der Waals surface area contributed by atoms with Crippen molar-refractivity contribution in [1.29, 1.82) is 0 Å². The third-order valence-corrected chi connectivity index (χ3v) is 5.57. The summed E-state index contributed by atoms with van der Waals surface area (Å²) in [6.45, 7) is 1.93. The lowest BCUT2D eigenvalue weighted by Gasteiger charge is -2.16. The third-order valence-electron chi connectivity index (χ3n) is 3.87.